The van der Waals surface area contributed by atoms with Crippen molar-refractivity contribution in [1.82, 2.24) is 4.72 Å². The summed E-state index contributed by atoms with van der Waals surface area (Å²) in [7, 11) is -3.47. The first kappa shape index (κ1) is 9.42. The molecule has 1 N–H and O–H groups in total. The average molecular weight is 165 g/mol. The van der Waals surface area contributed by atoms with E-state index < -0.39 is 14.8 Å². The van der Waals surface area contributed by atoms with E-state index >= 15 is 0 Å². The van der Waals surface area contributed by atoms with Gasteiger partial charge in [0.1, 0.15) is 0 Å². The molecule has 0 fully saturated rings. The molecule has 60 valence electrons. The third kappa shape index (κ3) is 1.98. The minimum atomic E-state index is -3.47. The highest BCUT2D eigenvalue weighted by Crippen LogP contribution is 2.11. The summed E-state index contributed by atoms with van der Waals surface area (Å²) in [6, 6.07) is 0. The Bertz CT molecular complexity index is 212. The van der Waals surface area contributed by atoms with Crippen molar-refractivity contribution in [3.05, 3.63) is 0 Å². The molecule has 0 aliphatic heterocycles. The van der Waals surface area contributed by atoms with Gasteiger partial charge in [0.15, 0.2) is 0 Å². The highest BCUT2D eigenvalue weighted by molar-refractivity contribution is 7.91. The summed E-state index contributed by atoms with van der Waals surface area (Å²) in [6.45, 7) is 4.54. The molecule has 0 aliphatic carbocycles. The number of carbonyl (C=O) groups is 1. The van der Waals surface area contributed by atoms with Gasteiger partial charge in [-0.2, -0.15) is 0 Å². The van der Waals surface area contributed by atoms with Crippen LogP contribution in [0.3, 0.4) is 0 Å². The Morgan fingerprint density at radius 2 is 1.70 bits per heavy atom. The molecule has 0 spiro atoms. The molecule has 0 atom stereocenters. The van der Waals surface area contributed by atoms with Crippen LogP contribution in [0.15, 0.2) is 0 Å². The Morgan fingerprint density at radius 1 is 1.30 bits per heavy atom. The van der Waals surface area contributed by atoms with Gasteiger partial charge in [-0.15, -0.1) is 0 Å². The molecule has 0 radical (unpaired) electrons. The van der Waals surface area contributed by atoms with Crippen LogP contribution >= 0.6 is 0 Å². The minimum Gasteiger partial charge on any atom is -0.278 e. The van der Waals surface area contributed by atoms with Crippen molar-refractivity contribution < 1.29 is 13.2 Å². The summed E-state index contributed by atoms with van der Waals surface area (Å²) in [5, 5.41) is 0. The zero-order chi connectivity index (χ0) is 8.41. The number of nitrogens with one attached hydrogen (secondary N) is 1. The summed E-state index contributed by atoms with van der Waals surface area (Å²) < 4.78 is 22.7. The molecular formula is C5H11NO3S. The first-order valence-corrected chi connectivity index (χ1v) is 4.25. The lowest BCUT2D eigenvalue weighted by Gasteiger charge is -2.16. The summed E-state index contributed by atoms with van der Waals surface area (Å²) in [4.78, 5) is 9.78. The smallest absolute Gasteiger partial charge is 0.239 e. The molecule has 10 heavy (non-hydrogen) atoms. The van der Waals surface area contributed by atoms with Crippen LogP contribution in [0.5, 0.6) is 0 Å². The number of rotatable bonds is 2. The summed E-state index contributed by atoms with van der Waals surface area (Å²) in [5.41, 5.74) is 0. The van der Waals surface area contributed by atoms with E-state index in [0.29, 0.717) is 0 Å². The minimum absolute atomic E-state index is 0.167. The number of hydrogen-bond donors (Lipinski definition) is 1. The van der Waals surface area contributed by atoms with Crippen molar-refractivity contribution in [2.24, 2.45) is 0 Å². The lowest BCUT2D eigenvalue weighted by Crippen LogP contribution is -2.38. The molecule has 0 saturated heterocycles. The van der Waals surface area contributed by atoms with Crippen LogP contribution in [0.25, 0.3) is 0 Å². The van der Waals surface area contributed by atoms with Gasteiger partial charge < -0.3 is 0 Å². The van der Waals surface area contributed by atoms with Crippen LogP contribution in [0, 0.1) is 0 Å². The van der Waals surface area contributed by atoms with Gasteiger partial charge in [0, 0.05) is 0 Å². The van der Waals surface area contributed by atoms with Crippen LogP contribution in [0.1, 0.15) is 20.8 Å². The maximum Gasteiger partial charge on any atom is 0.239 e. The predicted octanol–water partition coefficient (Wildman–Crippen LogP) is -0.139. The molecule has 1 amide bonds. The normalized spacial score (nSPS) is 12.7. The van der Waals surface area contributed by atoms with Gasteiger partial charge in [-0.3, -0.25) is 9.52 Å². The fraction of sp³-hybridized carbons (Fsp3) is 0.800. The molecule has 0 aliphatic rings. The van der Waals surface area contributed by atoms with Gasteiger partial charge in [0.05, 0.1) is 4.75 Å². The van der Waals surface area contributed by atoms with Crippen molar-refractivity contribution in [3.8, 4) is 0 Å². The molecule has 0 rings (SSSR count). The van der Waals surface area contributed by atoms with E-state index in [1.807, 2.05) is 0 Å². The molecule has 0 aromatic heterocycles. The maximum absolute atomic E-state index is 10.9. The third-order valence-corrected chi connectivity index (χ3v) is 3.03. The third-order valence-electron chi connectivity index (χ3n) is 1.01. The monoisotopic (exact) mass is 165 g/mol. The van der Waals surface area contributed by atoms with E-state index in [-0.39, 0.29) is 6.41 Å². The van der Waals surface area contributed by atoms with Crippen molar-refractivity contribution in [2.45, 2.75) is 25.5 Å². The maximum atomic E-state index is 10.9. The number of hydrogen-bond acceptors (Lipinski definition) is 3. The van der Waals surface area contributed by atoms with Crippen LogP contribution in [0.4, 0.5) is 0 Å². The number of sulfonamides is 1. The standard InChI is InChI=1S/C5H11NO3S/c1-5(2,3)10(8,9)6-4-7/h4H,1-3H3,(H,6,7). The second-order valence-corrected chi connectivity index (χ2v) is 5.32. The zero-order valence-electron chi connectivity index (χ0n) is 6.21. The molecule has 0 aromatic carbocycles. The van der Waals surface area contributed by atoms with Crippen molar-refractivity contribution in [3.63, 3.8) is 0 Å². The highest BCUT2D eigenvalue weighted by atomic mass is 32.2. The Morgan fingerprint density at radius 3 is 1.80 bits per heavy atom. The largest absolute Gasteiger partial charge is 0.278 e. The molecule has 0 saturated carbocycles. The summed E-state index contributed by atoms with van der Waals surface area (Å²) in [6.07, 6.45) is 0.167. The highest BCUT2D eigenvalue weighted by Gasteiger charge is 2.27. The van der Waals surface area contributed by atoms with Crippen molar-refractivity contribution in [2.75, 3.05) is 0 Å². The van der Waals surface area contributed by atoms with Crippen LogP contribution in [-0.4, -0.2) is 19.6 Å². The predicted molar refractivity (Wildman–Crippen MR) is 37.9 cm³/mol. The van der Waals surface area contributed by atoms with E-state index in [4.69, 9.17) is 0 Å². The average Bonchev–Trinajstić information content (AvgIpc) is 1.61. The summed E-state index contributed by atoms with van der Waals surface area (Å²) in [5.74, 6) is 0. The molecule has 0 heterocycles. The topological polar surface area (TPSA) is 63.2 Å². The molecule has 5 heteroatoms. The fourth-order valence-corrected chi connectivity index (χ4v) is 0.720. The Hall–Kier alpha value is -0.580. The zero-order valence-corrected chi connectivity index (χ0v) is 7.03. The van der Waals surface area contributed by atoms with Crippen LogP contribution in [0.2, 0.25) is 0 Å². The van der Waals surface area contributed by atoms with E-state index in [2.05, 4.69) is 0 Å². The van der Waals surface area contributed by atoms with Crippen molar-refractivity contribution in [1.29, 1.82) is 0 Å². The first-order valence-electron chi connectivity index (χ1n) is 2.77. The van der Waals surface area contributed by atoms with Gasteiger partial charge in [-0.1, -0.05) is 0 Å². The first-order chi connectivity index (χ1) is 4.31. The molecule has 0 bridgehead atoms. The van der Waals surface area contributed by atoms with E-state index in [1.54, 1.807) is 4.72 Å². The van der Waals surface area contributed by atoms with E-state index in [0.717, 1.165) is 0 Å². The van der Waals surface area contributed by atoms with Gasteiger partial charge in [-0.25, -0.2) is 8.42 Å². The quantitative estimate of drug-likeness (QED) is 0.579. The second kappa shape index (κ2) is 2.57. The SMILES string of the molecule is CC(C)(C)S(=O)(=O)NC=O. The van der Waals surface area contributed by atoms with Gasteiger partial charge in [0.2, 0.25) is 16.4 Å². The molecular weight excluding hydrogens is 154 g/mol. The lowest BCUT2D eigenvalue weighted by atomic mass is 10.3. The Labute approximate surface area is 60.7 Å². The number of carbonyl (C=O) groups excluding carboxylic acids is 1. The fourth-order valence-electron chi connectivity index (χ4n) is 0.240. The second-order valence-electron chi connectivity index (χ2n) is 2.85. The molecule has 0 aromatic rings. The van der Waals surface area contributed by atoms with Gasteiger partial charge in [-0.05, 0) is 20.8 Å². The van der Waals surface area contributed by atoms with Crippen molar-refractivity contribution >= 4 is 16.4 Å². The van der Waals surface area contributed by atoms with Crippen LogP contribution < -0.4 is 4.72 Å². The van der Waals surface area contributed by atoms with E-state index in [1.165, 1.54) is 20.8 Å². The van der Waals surface area contributed by atoms with E-state index in [9.17, 15) is 13.2 Å². The summed E-state index contributed by atoms with van der Waals surface area (Å²) >= 11 is 0. The number of amides is 1. The molecule has 0 unspecified atom stereocenters. The lowest BCUT2D eigenvalue weighted by molar-refractivity contribution is -0.108. The van der Waals surface area contributed by atoms with Gasteiger partial charge in [0.25, 0.3) is 0 Å². The Kier molecular flexibility index (Phi) is 2.42. The van der Waals surface area contributed by atoms with Gasteiger partial charge >= 0.3 is 0 Å². The Balaban J connectivity index is 4.59. The molecule has 4 nitrogen and oxygen atoms in total. The van der Waals surface area contributed by atoms with Crippen LogP contribution in [-0.2, 0) is 14.8 Å².